The third-order valence-corrected chi connectivity index (χ3v) is 4.21. The highest BCUT2D eigenvalue weighted by atomic mass is 16.2. The van der Waals surface area contributed by atoms with Gasteiger partial charge in [-0.05, 0) is 30.7 Å². The van der Waals surface area contributed by atoms with Crippen molar-refractivity contribution in [3.05, 3.63) is 35.9 Å². The van der Waals surface area contributed by atoms with Crippen molar-refractivity contribution >= 4 is 5.91 Å². The number of unbranched alkanes of at least 4 members (excludes halogenated alkanes) is 2. The van der Waals surface area contributed by atoms with Crippen LogP contribution in [0.15, 0.2) is 30.3 Å². The first-order valence-electron chi connectivity index (χ1n) is 8.11. The number of hydrogen-bond acceptors (Lipinski definition) is 1. The molecule has 0 aliphatic heterocycles. The largest absolute Gasteiger partial charge is 0.342 e. The lowest BCUT2D eigenvalue weighted by atomic mass is 10.1. The van der Waals surface area contributed by atoms with Crippen LogP contribution in [0.5, 0.6) is 0 Å². The molecule has 0 spiro atoms. The summed E-state index contributed by atoms with van der Waals surface area (Å²) in [5.41, 5.74) is 1.33. The average Bonchev–Trinajstić information content (AvgIpc) is 3.28. The predicted molar refractivity (Wildman–Crippen MR) is 83.7 cm³/mol. The van der Waals surface area contributed by atoms with E-state index in [1.54, 1.807) is 0 Å². The Morgan fingerprint density at radius 2 is 1.70 bits per heavy atom. The van der Waals surface area contributed by atoms with Crippen molar-refractivity contribution < 1.29 is 4.79 Å². The van der Waals surface area contributed by atoms with E-state index in [-0.39, 0.29) is 5.92 Å². The second kappa shape index (κ2) is 7.47. The second-order valence-electron chi connectivity index (χ2n) is 5.89. The molecule has 0 N–H and O–H groups in total. The summed E-state index contributed by atoms with van der Waals surface area (Å²) in [5.74, 6) is 1.10. The van der Waals surface area contributed by atoms with Crippen molar-refractivity contribution in [1.29, 1.82) is 0 Å². The summed E-state index contributed by atoms with van der Waals surface area (Å²) in [6.45, 7) is 6.25. The van der Waals surface area contributed by atoms with Gasteiger partial charge in [-0.1, -0.05) is 57.0 Å². The smallest absolute Gasteiger partial charge is 0.226 e. The van der Waals surface area contributed by atoms with E-state index in [1.165, 1.54) is 5.56 Å². The highest BCUT2D eigenvalue weighted by Gasteiger charge is 2.45. The van der Waals surface area contributed by atoms with Gasteiger partial charge in [0.25, 0.3) is 0 Å². The van der Waals surface area contributed by atoms with E-state index in [1.807, 2.05) is 6.07 Å². The third kappa shape index (κ3) is 3.84. The molecule has 0 bridgehead atoms. The fourth-order valence-corrected chi connectivity index (χ4v) is 2.80. The molecule has 1 aliphatic carbocycles. The molecule has 1 saturated carbocycles. The van der Waals surface area contributed by atoms with Gasteiger partial charge in [0, 0.05) is 19.0 Å². The van der Waals surface area contributed by atoms with Crippen molar-refractivity contribution in [2.45, 2.75) is 51.9 Å². The van der Waals surface area contributed by atoms with Gasteiger partial charge >= 0.3 is 0 Å². The van der Waals surface area contributed by atoms with E-state index >= 15 is 0 Å². The molecule has 0 heterocycles. The lowest BCUT2D eigenvalue weighted by Crippen LogP contribution is -2.34. The number of benzene rings is 1. The normalized spacial score (nSPS) is 20.7. The Balaban J connectivity index is 1.91. The molecule has 2 atom stereocenters. The maximum Gasteiger partial charge on any atom is 0.226 e. The van der Waals surface area contributed by atoms with Crippen molar-refractivity contribution in [2.75, 3.05) is 13.1 Å². The summed E-state index contributed by atoms with van der Waals surface area (Å²) in [7, 11) is 0. The summed E-state index contributed by atoms with van der Waals surface area (Å²) in [5, 5.41) is 0. The molecule has 2 heteroatoms. The summed E-state index contributed by atoms with van der Waals surface area (Å²) in [6.07, 6.45) is 5.60. The average molecular weight is 273 g/mol. The standard InChI is InChI=1S/C18H27NO/c1-3-5-12-19(13-6-4-2)18(20)17-14-16(17)15-10-8-7-9-11-15/h7-11,16-17H,3-6,12-14H2,1-2H3/t16-,17+/m0/s1. The molecular formula is C18H27NO. The maximum absolute atomic E-state index is 12.6. The van der Waals surface area contributed by atoms with Crippen molar-refractivity contribution in [1.82, 2.24) is 4.90 Å². The summed E-state index contributed by atoms with van der Waals surface area (Å²) >= 11 is 0. The minimum absolute atomic E-state index is 0.242. The van der Waals surface area contributed by atoms with Gasteiger partial charge in [0.2, 0.25) is 5.91 Å². The van der Waals surface area contributed by atoms with Crippen LogP contribution < -0.4 is 0 Å². The quantitative estimate of drug-likeness (QED) is 0.694. The van der Waals surface area contributed by atoms with Gasteiger partial charge in [0.1, 0.15) is 0 Å². The zero-order valence-electron chi connectivity index (χ0n) is 12.8. The molecule has 2 rings (SSSR count). The Labute approximate surface area is 123 Å². The Hall–Kier alpha value is -1.31. The molecule has 0 aromatic heterocycles. The first kappa shape index (κ1) is 15.1. The molecular weight excluding hydrogens is 246 g/mol. The van der Waals surface area contributed by atoms with Crippen molar-refractivity contribution in [2.24, 2.45) is 5.92 Å². The fraction of sp³-hybridized carbons (Fsp3) is 0.611. The summed E-state index contributed by atoms with van der Waals surface area (Å²) in [4.78, 5) is 14.7. The molecule has 110 valence electrons. The molecule has 1 fully saturated rings. The lowest BCUT2D eigenvalue weighted by Gasteiger charge is -2.22. The van der Waals surface area contributed by atoms with Gasteiger partial charge in [-0.2, -0.15) is 0 Å². The highest BCUT2D eigenvalue weighted by molar-refractivity contribution is 5.83. The van der Waals surface area contributed by atoms with Gasteiger partial charge in [-0.25, -0.2) is 0 Å². The van der Waals surface area contributed by atoms with Crippen LogP contribution in [0, 0.1) is 5.92 Å². The van der Waals surface area contributed by atoms with Crippen LogP contribution in [0.25, 0.3) is 0 Å². The zero-order valence-corrected chi connectivity index (χ0v) is 12.8. The minimum atomic E-state index is 0.242. The molecule has 1 amide bonds. The van der Waals surface area contributed by atoms with E-state index in [0.29, 0.717) is 11.8 Å². The third-order valence-electron chi connectivity index (χ3n) is 4.21. The van der Waals surface area contributed by atoms with E-state index in [2.05, 4.69) is 43.0 Å². The molecule has 0 radical (unpaired) electrons. The Bertz CT molecular complexity index is 407. The minimum Gasteiger partial charge on any atom is -0.342 e. The molecule has 1 aromatic carbocycles. The molecule has 20 heavy (non-hydrogen) atoms. The fourth-order valence-electron chi connectivity index (χ4n) is 2.80. The molecule has 1 aliphatic rings. The molecule has 0 unspecified atom stereocenters. The van der Waals surface area contributed by atoms with Gasteiger partial charge in [0.05, 0.1) is 0 Å². The Morgan fingerprint density at radius 3 is 2.25 bits per heavy atom. The number of carbonyl (C=O) groups excluding carboxylic acids is 1. The van der Waals surface area contributed by atoms with Gasteiger partial charge in [-0.15, -0.1) is 0 Å². The van der Waals surface area contributed by atoms with Crippen LogP contribution in [0.4, 0.5) is 0 Å². The number of carbonyl (C=O) groups is 1. The van der Waals surface area contributed by atoms with Crippen molar-refractivity contribution in [3.8, 4) is 0 Å². The number of hydrogen-bond donors (Lipinski definition) is 0. The molecule has 2 nitrogen and oxygen atoms in total. The van der Waals surface area contributed by atoms with E-state index < -0.39 is 0 Å². The number of rotatable bonds is 8. The van der Waals surface area contributed by atoms with Gasteiger partial charge in [-0.3, -0.25) is 4.79 Å². The van der Waals surface area contributed by atoms with Crippen LogP contribution in [0.1, 0.15) is 57.4 Å². The van der Waals surface area contributed by atoms with E-state index in [0.717, 1.165) is 45.2 Å². The predicted octanol–water partition coefficient (Wildman–Crippen LogP) is 4.22. The van der Waals surface area contributed by atoms with Crippen molar-refractivity contribution in [3.63, 3.8) is 0 Å². The van der Waals surface area contributed by atoms with Crippen LogP contribution in [-0.4, -0.2) is 23.9 Å². The number of amides is 1. The molecule has 1 aromatic rings. The Kier molecular flexibility index (Phi) is 5.63. The zero-order chi connectivity index (χ0) is 14.4. The van der Waals surface area contributed by atoms with Crippen LogP contribution in [-0.2, 0) is 4.79 Å². The highest BCUT2D eigenvalue weighted by Crippen LogP contribution is 2.48. The monoisotopic (exact) mass is 273 g/mol. The van der Waals surface area contributed by atoms with Crippen LogP contribution >= 0.6 is 0 Å². The van der Waals surface area contributed by atoms with Gasteiger partial charge < -0.3 is 4.90 Å². The van der Waals surface area contributed by atoms with Crippen LogP contribution in [0.3, 0.4) is 0 Å². The number of nitrogens with zero attached hydrogens (tertiary/aromatic N) is 1. The molecule has 0 saturated heterocycles. The van der Waals surface area contributed by atoms with E-state index in [4.69, 9.17) is 0 Å². The topological polar surface area (TPSA) is 20.3 Å². The van der Waals surface area contributed by atoms with Crippen LogP contribution in [0.2, 0.25) is 0 Å². The maximum atomic E-state index is 12.6. The first-order chi connectivity index (χ1) is 9.77. The first-order valence-corrected chi connectivity index (χ1v) is 8.11. The summed E-state index contributed by atoms with van der Waals surface area (Å²) in [6, 6.07) is 10.5. The SMILES string of the molecule is CCCCN(CCCC)C(=O)[C@@H]1C[C@H]1c1ccccc1. The van der Waals surface area contributed by atoms with Gasteiger partial charge in [0.15, 0.2) is 0 Å². The Morgan fingerprint density at radius 1 is 1.10 bits per heavy atom. The second-order valence-corrected chi connectivity index (χ2v) is 5.89. The lowest BCUT2D eigenvalue weighted by molar-refractivity contribution is -0.132. The summed E-state index contributed by atoms with van der Waals surface area (Å²) < 4.78 is 0. The van der Waals surface area contributed by atoms with E-state index in [9.17, 15) is 4.79 Å².